The molecule has 2 aromatic carbocycles. The van der Waals surface area contributed by atoms with E-state index in [0.29, 0.717) is 16.3 Å². The maximum absolute atomic E-state index is 14.0. The minimum Gasteiger partial charge on any atom is -0.398 e. The van der Waals surface area contributed by atoms with E-state index in [9.17, 15) is 4.39 Å². The van der Waals surface area contributed by atoms with Crippen LogP contribution in [0.1, 0.15) is 0 Å². The largest absolute Gasteiger partial charge is 0.398 e. The van der Waals surface area contributed by atoms with Gasteiger partial charge in [-0.15, -0.1) is 5.10 Å². The topological polar surface area (TPSA) is 69.6 Å². The summed E-state index contributed by atoms with van der Waals surface area (Å²) in [7, 11) is 0. The fourth-order valence-electron chi connectivity index (χ4n) is 1.93. The Kier molecular flexibility index (Phi) is 3.48. The zero-order valence-electron chi connectivity index (χ0n) is 10.5. The maximum atomic E-state index is 14.0. The molecule has 21 heavy (non-hydrogen) atoms. The van der Waals surface area contributed by atoms with E-state index in [1.807, 2.05) is 0 Å². The lowest BCUT2D eigenvalue weighted by Gasteiger charge is -2.09. The molecule has 0 amide bonds. The van der Waals surface area contributed by atoms with Crippen LogP contribution in [0.25, 0.3) is 17.1 Å². The predicted octanol–water partition coefficient (Wildman–Crippen LogP) is 3.36. The third-order valence-electron chi connectivity index (χ3n) is 2.87. The fraction of sp³-hybridized carbons (Fsp3) is 0. The van der Waals surface area contributed by atoms with Crippen molar-refractivity contribution in [3.63, 3.8) is 0 Å². The lowest BCUT2D eigenvalue weighted by atomic mass is 10.1. The minimum atomic E-state index is -0.538. The molecule has 0 aliphatic rings. The molecule has 106 valence electrons. The minimum absolute atomic E-state index is 0.0634. The first-order chi connectivity index (χ1) is 10.1. The number of halogens is 3. The third-order valence-corrected chi connectivity index (χ3v) is 3.41. The average Bonchev–Trinajstić information content (AvgIpc) is 2.87. The summed E-state index contributed by atoms with van der Waals surface area (Å²) < 4.78 is 15.2. The predicted molar refractivity (Wildman–Crippen MR) is 79.0 cm³/mol. The van der Waals surface area contributed by atoms with Gasteiger partial charge in [-0.1, -0.05) is 29.3 Å². The van der Waals surface area contributed by atoms with Crippen molar-refractivity contribution in [1.82, 2.24) is 20.2 Å². The highest BCUT2D eigenvalue weighted by Gasteiger charge is 2.18. The van der Waals surface area contributed by atoms with Crippen molar-refractivity contribution >= 4 is 28.9 Å². The van der Waals surface area contributed by atoms with Gasteiger partial charge < -0.3 is 5.73 Å². The van der Waals surface area contributed by atoms with E-state index < -0.39 is 5.82 Å². The number of nitrogens with two attached hydrogens (primary N) is 1. The van der Waals surface area contributed by atoms with Crippen molar-refractivity contribution < 1.29 is 4.39 Å². The molecule has 0 atom stereocenters. The first-order valence-corrected chi connectivity index (χ1v) is 6.61. The van der Waals surface area contributed by atoms with E-state index in [1.54, 1.807) is 24.3 Å². The Morgan fingerprint density at radius 1 is 1.14 bits per heavy atom. The van der Waals surface area contributed by atoms with Crippen LogP contribution in [0.15, 0.2) is 36.4 Å². The second kappa shape index (κ2) is 5.31. The Balaban J connectivity index is 2.22. The number of nitrogen functional groups attached to an aromatic ring is 1. The van der Waals surface area contributed by atoms with Crippen LogP contribution in [0.5, 0.6) is 0 Å². The Labute approximate surface area is 129 Å². The molecule has 2 N–H and O–H groups in total. The Hall–Kier alpha value is -2.18. The Morgan fingerprint density at radius 2 is 1.95 bits per heavy atom. The SMILES string of the molecule is Nc1cc(Cl)ccc1-c1nnnn1-c1c(F)cccc1Cl. The van der Waals surface area contributed by atoms with E-state index in [4.69, 9.17) is 28.9 Å². The number of rotatable bonds is 2. The van der Waals surface area contributed by atoms with E-state index in [0.717, 1.165) is 0 Å². The van der Waals surface area contributed by atoms with Gasteiger partial charge in [0, 0.05) is 16.3 Å². The molecule has 5 nitrogen and oxygen atoms in total. The van der Waals surface area contributed by atoms with Gasteiger partial charge in [-0.3, -0.25) is 0 Å². The first kappa shape index (κ1) is 13.8. The van der Waals surface area contributed by atoms with Crippen LogP contribution in [0.4, 0.5) is 10.1 Å². The summed E-state index contributed by atoms with van der Waals surface area (Å²) in [6, 6.07) is 9.21. The van der Waals surface area contributed by atoms with Crippen LogP contribution >= 0.6 is 23.2 Å². The molecule has 0 saturated heterocycles. The van der Waals surface area contributed by atoms with E-state index in [2.05, 4.69) is 15.5 Å². The molecule has 0 unspecified atom stereocenters. The maximum Gasteiger partial charge on any atom is 0.189 e. The van der Waals surface area contributed by atoms with Gasteiger partial charge in [0.25, 0.3) is 0 Å². The van der Waals surface area contributed by atoms with Gasteiger partial charge in [0.2, 0.25) is 0 Å². The molecule has 0 saturated carbocycles. The quantitative estimate of drug-likeness (QED) is 0.734. The standard InChI is InChI=1S/C13H8Cl2FN5/c14-7-4-5-8(11(17)6-7)13-18-19-20-21(13)12-9(15)2-1-3-10(12)16/h1-6H,17H2. The molecule has 1 heterocycles. The number of para-hydroxylation sites is 1. The molecule has 0 fully saturated rings. The zero-order valence-corrected chi connectivity index (χ0v) is 12.0. The molecule has 1 aromatic heterocycles. The number of benzene rings is 2. The molecule has 8 heteroatoms. The summed E-state index contributed by atoms with van der Waals surface area (Å²) in [6.45, 7) is 0. The Bertz CT molecular complexity index is 798. The molecule has 0 bridgehead atoms. The van der Waals surface area contributed by atoms with Gasteiger partial charge >= 0.3 is 0 Å². The number of aromatic nitrogens is 4. The van der Waals surface area contributed by atoms with Gasteiger partial charge in [0.05, 0.1) is 5.02 Å². The summed E-state index contributed by atoms with van der Waals surface area (Å²) in [6.07, 6.45) is 0. The van der Waals surface area contributed by atoms with Crippen molar-refractivity contribution in [3.8, 4) is 17.1 Å². The summed E-state index contributed by atoms with van der Waals surface area (Å²) in [4.78, 5) is 0. The molecular weight excluding hydrogens is 316 g/mol. The molecule has 0 radical (unpaired) electrons. The van der Waals surface area contributed by atoms with Crippen LogP contribution < -0.4 is 5.73 Å². The van der Waals surface area contributed by atoms with Crippen molar-refractivity contribution in [3.05, 3.63) is 52.3 Å². The highest BCUT2D eigenvalue weighted by molar-refractivity contribution is 6.32. The van der Waals surface area contributed by atoms with Crippen LogP contribution in [0.3, 0.4) is 0 Å². The third kappa shape index (κ3) is 2.43. The van der Waals surface area contributed by atoms with Gasteiger partial charge in [0.15, 0.2) is 11.6 Å². The second-order valence-electron chi connectivity index (χ2n) is 4.22. The fourth-order valence-corrected chi connectivity index (χ4v) is 2.36. The van der Waals surface area contributed by atoms with Crippen molar-refractivity contribution in [2.45, 2.75) is 0 Å². The number of tetrazole rings is 1. The number of hydrogen-bond acceptors (Lipinski definition) is 4. The highest BCUT2D eigenvalue weighted by atomic mass is 35.5. The molecule has 0 aliphatic heterocycles. The van der Waals surface area contributed by atoms with Gasteiger partial charge in [-0.25, -0.2) is 4.39 Å². The van der Waals surface area contributed by atoms with Crippen molar-refractivity contribution in [2.24, 2.45) is 0 Å². The molecule has 0 spiro atoms. The van der Waals surface area contributed by atoms with E-state index in [1.165, 1.54) is 16.8 Å². The van der Waals surface area contributed by atoms with E-state index in [-0.39, 0.29) is 16.5 Å². The lowest BCUT2D eigenvalue weighted by molar-refractivity contribution is 0.608. The Morgan fingerprint density at radius 3 is 2.67 bits per heavy atom. The first-order valence-electron chi connectivity index (χ1n) is 5.86. The second-order valence-corrected chi connectivity index (χ2v) is 5.06. The normalized spacial score (nSPS) is 10.8. The van der Waals surface area contributed by atoms with Crippen molar-refractivity contribution in [2.75, 3.05) is 5.73 Å². The average molecular weight is 324 g/mol. The smallest absolute Gasteiger partial charge is 0.189 e. The summed E-state index contributed by atoms with van der Waals surface area (Å²) in [5, 5.41) is 11.9. The number of hydrogen-bond donors (Lipinski definition) is 1. The summed E-state index contributed by atoms with van der Waals surface area (Å²) in [5.74, 6) is -0.264. The van der Waals surface area contributed by atoms with E-state index >= 15 is 0 Å². The van der Waals surface area contributed by atoms with Crippen LogP contribution in [-0.2, 0) is 0 Å². The molecule has 0 aliphatic carbocycles. The van der Waals surface area contributed by atoms with Gasteiger partial charge in [0.1, 0.15) is 5.69 Å². The lowest BCUT2D eigenvalue weighted by Crippen LogP contribution is -2.04. The van der Waals surface area contributed by atoms with Crippen LogP contribution in [0, 0.1) is 5.82 Å². The zero-order chi connectivity index (χ0) is 15.0. The molecular formula is C13H8Cl2FN5. The van der Waals surface area contributed by atoms with Gasteiger partial charge in [-0.05, 0) is 40.8 Å². The molecule has 3 aromatic rings. The summed E-state index contributed by atoms with van der Waals surface area (Å²) >= 11 is 11.9. The number of anilines is 1. The van der Waals surface area contributed by atoms with Crippen LogP contribution in [-0.4, -0.2) is 20.2 Å². The monoisotopic (exact) mass is 323 g/mol. The number of nitrogens with zero attached hydrogens (tertiary/aromatic N) is 4. The van der Waals surface area contributed by atoms with Crippen LogP contribution in [0.2, 0.25) is 10.0 Å². The highest BCUT2D eigenvalue weighted by Crippen LogP contribution is 2.30. The summed E-state index contributed by atoms with van der Waals surface area (Å²) in [5.41, 5.74) is 6.89. The molecule has 3 rings (SSSR count). The van der Waals surface area contributed by atoms with Crippen molar-refractivity contribution in [1.29, 1.82) is 0 Å². The van der Waals surface area contributed by atoms with Gasteiger partial charge in [-0.2, -0.15) is 4.68 Å².